The van der Waals surface area contributed by atoms with Gasteiger partial charge in [-0.1, -0.05) is 19.3 Å². The van der Waals surface area contributed by atoms with E-state index >= 15 is 0 Å². The Bertz CT molecular complexity index is 346. The van der Waals surface area contributed by atoms with Crippen LogP contribution in [0.15, 0.2) is 0 Å². The first kappa shape index (κ1) is 18.9. The molecule has 0 aromatic heterocycles. The predicted molar refractivity (Wildman–Crippen MR) is 85.5 cm³/mol. The molecule has 0 aromatic rings. The topological polar surface area (TPSA) is 64.6 Å². The number of carbonyl (C=O) groups excluding carboxylic acids is 2. The van der Waals surface area contributed by atoms with Gasteiger partial charge in [0, 0.05) is 20.1 Å². The van der Waals surface area contributed by atoms with Gasteiger partial charge in [0.05, 0.1) is 12.0 Å². The molecule has 1 N–H and O–H groups in total. The van der Waals surface area contributed by atoms with Gasteiger partial charge in [0.2, 0.25) is 5.91 Å². The van der Waals surface area contributed by atoms with Crippen LogP contribution >= 0.6 is 0 Å². The molecular weight excluding hydrogens is 282 g/mol. The highest BCUT2D eigenvalue weighted by atomic mass is 16.6. The zero-order chi connectivity index (χ0) is 16.6. The molecule has 0 radical (unpaired) electrons. The lowest BCUT2D eigenvalue weighted by Crippen LogP contribution is -2.40. The number of hydrogen-bond acceptors (Lipinski definition) is 4. The molecule has 1 aliphatic heterocycles. The van der Waals surface area contributed by atoms with Crippen LogP contribution in [0.25, 0.3) is 0 Å². The Labute approximate surface area is 134 Å². The first-order valence-electron chi connectivity index (χ1n) is 8.34. The molecule has 1 atom stereocenters. The standard InChI is InChI=1S/C10H17NO3.C7H14O/c1-10(2,3)14-9(13)7-4-5-8(12)11-6-7;1-8-7-5-3-2-4-6-7/h7H,4-6H2,1-3H3,(H,11,12);7H,2-6H2,1H3. The number of esters is 1. The minimum Gasteiger partial charge on any atom is -0.460 e. The van der Waals surface area contributed by atoms with Crippen molar-refractivity contribution >= 4 is 11.9 Å². The SMILES string of the molecule is CC(C)(C)OC(=O)C1CCC(=O)NC1.COC1CCCCC1. The summed E-state index contributed by atoms with van der Waals surface area (Å²) in [7, 11) is 1.82. The van der Waals surface area contributed by atoms with Gasteiger partial charge < -0.3 is 14.8 Å². The second kappa shape index (κ2) is 9.13. The minimum atomic E-state index is -0.446. The summed E-state index contributed by atoms with van der Waals surface area (Å²) >= 11 is 0. The second-order valence-corrected chi connectivity index (χ2v) is 7.07. The lowest BCUT2D eigenvalue weighted by Gasteiger charge is -2.26. The van der Waals surface area contributed by atoms with Crippen molar-refractivity contribution in [1.82, 2.24) is 5.32 Å². The van der Waals surface area contributed by atoms with Crippen molar-refractivity contribution < 1.29 is 19.1 Å². The molecule has 0 aromatic carbocycles. The fraction of sp³-hybridized carbons (Fsp3) is 0.882. The van der Waals surface area contributed by atoms with Gasteiger partial charge >= 0.3 is 5.97 Å². The average Bonchev–Trinajstić information content (AvgIpc) is 2.47. The molecule has 0 spiro atoms. The van der Waals surface area contributed by atoms with Gasteiger partial charge in [0.15, 0.2) is 0 Å². The number of hydrogen-bond donors (Lipinski definition) is 1. The fourth-order valence-electron chi connectivity index (χ4n) is 2.62. The van der Waals surface area contributed by atoms with Crippen LogP contribution in [0.2, 0.25) is 0 Å². The zero-order valence-corrected chi connectivity index (χ0v) is 14.4. The average molecular weight is 313 g/mol. The highest BCUT2D eigenvalue weighted by molar-refractivity contribution is 5.81. The van der Waals surface area contributed by atoms with Crippen molar-refractivity contribution in [3.63, 3.8) is 0 Å². The van der Waals surface area contributed by atoms with E-state index in [9.17, 15) is 9.59 Å². The Kier molecular flexibility index (Phi) is 7.87. The summed E-state index contributed by atoms with van der Waals surface area (Å²) in [6, 6.07) is 0. The van der Waals surface area contributed by atoms with Gasteiger partial charge in [-0.3, -0.25) is 9.59 Å². The maximum absolute atomic E-state index is 11.5. The number of rotatable bonds is 2. The van der Waals surface area contributed by atoms with E-state index in [-0.39, 0.29) is 17.8 Å². The lowest BCUT2D eigenvalue weighted by atomic mass is 9.98. The molecular formula is C17H31NO4. The Morgan fingerprint density at radius 2 is 1.77 bits per heavy atom. The molecule has 1 unspecified atom stereocenters. The summed E-state index contributed by atoms with van der Waals surface area (Å²) in [6.07, 6.45) is 8.35. The van der Waals surface area contributed by atoms with E-state index in [2.05, 4.69) is 5.32 Å². The molecule has 128 valence electrons. The van der Waals surface area contributed by atoms with Crippen molar-refractivity contribution in [3.05, 3.63) is 0 Å². The van der Waals surface area contributed by atoms with E-state index in [0.717, 1.165) is 0 Å². The summed E-state index contributed by atoms with van der Waals surface area (Å²) in [5, 5.41) is 2.66. The highest BCUT2D eigenvalue weighted by Crippen LogP contribution is 2.19. The molecule has 5 heteroatoms. The Morgan fingerprint density at radius 3 is 2.18 bits per heavy atom. The summed E-state index contributed by atoms with van der Waals surface area (Å²) < 4.78 is 10.4. The van der Waals surface area contributed by atoms with Crippen LogP contribution in [0.4, 0.5) is 0 Å². The first-order chi connectivity index (χ1) is 10.3. The molecule has 22 heavy (non-hydrogen) atoms. The molecule has 1 heterocycles. The molecule has 5 nitrogen and oxygen atoms in total. The van der Waals surface area contributed by atoms with Crippen LogP contribution in [0.3, 0.4) is 0 Å². The summed E-state index contributed by atoms with van der Waals surface area (Å²) in [6.45, 7) is 5.93. The van der Waals surface area contributed by atoms with E-state index in [1.807, 2.05) is 27.9 Å². The molecule has 2 aliphatic rings. The van der Waals surface area contributed by atoms with E-state index < -0.39 is 5.60 Å². The maximum Gasteiger partial charge on any atom is 0.311 e. The third-order valence-electron chi connectivity index (χ3n) is 3.89. The smallest absolute Gasteiger partial charge is 0.311 e. The molecule has 1 amide bonds. The van der Waals surface area contributed by atoms with Gasteiger partial charge in [-0.15, -0.1) is 0 Å². The zero-order valence-electron chi connectivity index (χ0n) is 14.4. The summed E-state index contributed by atoms with van der Waals surface area (Å²) in [5.41, 5.74) is -0.446. The fourth-order valence-corrected chi connectivity index (χ4v) is 2.62. The minimum absolute atomic E-state index is 0.0183. The van der Waals surface area contributed by atoms with Gasteiger partial charge in [0.1, 0.15) is 5.60 Å². The van der Waals surface area contributed by atoms with Crippen LogP contribution in [0.5, 0.6) is 0 Å². The van der Waals surface area contributed by atoms with Gasteiger partial charge in [0.25, 0.3) is 0 Å². The number of nitrogens with one attached hydrogen (secondary N) is 1. The number of piperidine rings is 1. The number of methoxy groups -OCH3 is 1. The van der Waals surface area contributed by atoms with Crippen molar-refractivity contribution in [1.29, 1.82) is 0 Å². The molecule has 1 saturated carbocycles. The highest BCUT2D eigenvalue weighted by Gasteiger charge is 2.28. The van der Waals surface area contributed by atoms with E-state index in [1.54, 1.807) is 0 Å². The van der Waals surface area contributed by atoms with Gasteiger partial charge in [-0.05, 0) is 40.0 Å². The Hall–Kier alpha value is -1.10. The predicted octanol–water partition coefficient (Wildman–Crippen LogP) is 2.82. The third kappa shape index (κ3) is 7.78. The largest absolute Gasteiger partial charge is 0.460 e. The monoisotopic (exact) mass is 313 g/mol. The maximum atomic E-state index is 11.5. The van der Waals surface area contributed by atoms with E-state index in [1.165, 1.54) is 32.1 Å². The quantitative estimate of drug-likeness (QED) is 0.796. The van der Waals surface area contributed by atoms with Crippen LogP contribution in [-0.2, 0) is 19.1 Å². The van der Waals surface area contributed by atoms with E-state index in [4.69, 9.17) is 9.47 Å². The number of ether oxygens (including phenoxy) is 2. The van der Waals surface area contributed by atoms with Gasteiger partial charge in [-0.25, -0.2) is 0 Å². The van der Waals surface area contributed by atoms with Crippen LogP contribution in [0.1, 0.15) is 65.7 Å². The van der Waals surface area contributed by atoms with E-state index in [0.29, 0.717) is 25.5 Å². The van der Waals surface area contributed by atoms with Crippen molar-refractivity contribution in [2.45, 2.75) is 77.4 Å². The van der Waals surface area contributed by atoms with Crippen molar-refractivity contribution in [2.75, 3.05) is 13.7 Å². The molecule has 2 rings (SSSR count). The molecule has 2 fully saturated rings. The molecule has 1 aliphatic carbocycles. The van der Waals surface area contributed by atoms with Crippen LogP contribution in [-0.4, -0.2) is 37.2 Å². The lowest BCUT2D eigenvalue weighted by molar-refractivity contribution is -0.160. The van der Waals surface area contributed by atoms with Crippen molar-refractivity contribution in [3.8, 4) is 0 Å². The Morgan fingerprint density at radius 1 is 1.14 bits per heavy atom. The first-order valence-corrected chi connectivity index (χ1v) is 8.34. The molecule has 1 saturated heterocycles. The molecule has 0 bridgehead atoms. The van der Waals surface area contributed by atoms with Crippen LogP contribution < -0.4 is 5.32 Å². The summed E-state index contributed by atoms with van der Waals surface area (Å²) in [5.74, 6) is -0.366. The normalized spacial score (nSPS) is 23.1. The van der Waals surface area contributed by atoms with Crippen molar-refractivity contribution in [2.24, 2.45) is 5.92 Å². The van der Waals surface area contributed by atoms with Gasteiger partial charge in [-0.2, -0.15) is 0 Å². The summed E-state index contributed by atoms with van der Waals surface area (Å²) in [4.78, 5) is 22.4. The van der Waals surface area contributed by atoms with Crippen LogP contribution in [0, 0.1) is 5.92 Å². The number of amides is 1. The number of carbonyl (C=O) groups is 2. The third-order valence-corrected chi connectivity index (χ3v) is 3.89. The Balaban J connectivity index is 0.000000255. The second-order valence-electron chi connectivity index (χ2n) is 7.07.